The Bertz CT molecular complexity index is 451. The van der Waals surface area contributed by atoms with Crippen LogP contribution in [0.5, 0.6) is 5.75 Å². The Morgan fingerprint density at radius 2 is 1.84 bits per heavy atom. The molecule has 0 saturated carbocycles. The van der Waals surface area contributed by atoms with E-state index in [1.807, 2.05) is 45.7 Å². The van der Waals surface area contributed by atoms with Crippen LogP contribution < -0.4 is 5.32 Å². The second-order valence-corrected chi connectivity index (χ2v) is 7.97. The molecule has 0 heterocycles. The molecule has 0 unspecified atom stereocenters. The summed E-state index contributed by atoms with van der Waals surface area (Å²) in [5.74, 6) is -1.32. The number of rotatable bonds is 6. The first-order chi connectivity index (χ1) is 8.88. The van der Waals surface area contributed by atoms with Crippen molar-refractivity contribution in [3.05, 3.63) is 29.8 Å². The van der Waals surface area contributed by atoms with E-state index in [9.17, 15) is 9.59 Å². The number of nitrogens with zero attached hydrogens (tertiary/aromatic N) is 1. The average molecular weight is 490 g/mol. The number of hydrogen-bond acceptors (Lipinski definition) is 4. The maximum absolute atomic E-state index is 11.5. The number of nitrogens with one attached hydrogen (secondary N) is 1. The van der Waals surface area contributed by atoms with Gasteiger partial charge in [0, 0.05) is 52.1 Å². The van der Waals surface area contributed by atoms with E-state index in [2.05, 4.69) is 5.32 Å². The van der Waals surface area contributed by atoms with Gasteiger partial charge in [-0.15, -0.1) is 0 Å². The largest absolute Gasteiger partial charge is 0.508 e. The predicted molar refractivity (Wildman–Crippen MR) is 86.1 cm³/mol. The molecule has 3 N–H and O–H groups in total. The first kappa shape index (κ1) is 16.4. The molecule has 8 heteroatoms. The lowest BCUT2D eigenvalue weighted by Crippen LogP contribution is -2.44. The fourth-order valence-corrected chi connectivity index (χ4v) is 2.04. The summed E-state index contributed by atoms with van der Waals surface area (Å²) in [5, 5.41) is 20.7. The first-order valence-electron chi connectivity index (χ1n) is 5.27. The lowest BCUT2D eigenvalue weighted by Gasteiger charge is -2.15. The van der Waals surface area contributed by atoms with Crippen LogP contribution in [0, 0.1) is 0 Å². The molecule has 0 aliphatic carbocycles. The van der Waals surface area contributed by atoms with Gasteiger partial charge in [-0.25, -0.2) is 4.79 Å². The van der Waals surface area contributed by atoms with Crippen LogP contribution in [-0.4, -0.2) is 36.0 Å². The number of carboxylic acid groups (broad SMARTS) is 1. The zero-order valence-electron chi connectivity index (χ0n) is 9.72. The highest BCUT2D eigenvalue weighted by Gasteiger charge is 2.20. The highest BCUT2D eigenvalue weighted by molar-refractivity contribution is 14.2. The summed E-state index contributed by atoms with van der Waals surface area (Å²) in [6.07, 6.45) is 0.170. The summed E-state index contributed by atoms with van der Waals surface area (Å²) in [5.41, 5.74) is 0.728. The summed E-state index contributed by atoms with van der Waals surface area (Å²) >= 11 is 3.87. The fourth-order valence-electron chi connectivity index (χ4n) is 1.42. The summed E-state index contributed by atoms with van der Waals surface area (Å²) in [6, 6.07) is 5.23. The van der Waals surface area contributed by atoms with Crippen molar-refractivity contribution in [2.45, 2.75) is 12.5 Å². The molecule has 0 fully saturated rings. The summed E-state index contributed by atoms with van der Waals surface area (Å²) in [6.45, 7) is 0.112. The maximum atomic E-state index is 11.5. The van der Waals surface area contributed by atoms with E-state index in [1.165, 1.54) is 12.1 Å². The third-order valence-electron chi connectivity index (χ3n) is 2.27. The Hall–Kier alpha value is -0.620. The number of benzene rings is 1. The van der Waals surface area contributed by atoms with Gasteiger partial charge in [0.15, 0.2) is 0 Å². The standard InChI is InChI=1S/C11H12I2N2O4/c12-15(13)6-10(17)14-9(11(18)19)5-7-1-3-8(16)4-2-7/h1-4,9,16H,5-6H2,(H,14,17)(H,18,19)/t9-/m0/s1. The summed E-state index contributed by atoms with van der Waals surface area (Å²) in [4.78, 5) is 22.7. The van der Waals surface area contributed by atoms with Crippen LogP contribution in [0.2, 0.25) is 0 Å². The SMILES string of the molecule is O=C(CN(I)I)N[C@@H](Cc1ccc(O)cc1)C(=O)O. The number of carboxylic acids is 1. The number of carbonyl (C=O) groups excluding carboxylic acids is 1. The minimum Gasteiger partial charge on any atom is -0.508 e. The molecule has 104 valence electrons. The Balaban J connectivity index is 2.65. The number of halogens is 2. The lowest BCUT2D eigenvalue weighted by atomic mass is 10.1. The summed E-state index contributed by atoms with van der Waals surface area (Å²) < 4.78 is 1.60. The Kier molecular flexibility index (Phi) is 6.79. The minimum atomic E-state index is -1.09. The molecule has 0 aliphatic heterocycles. The zero-order valence-corrected chi connectivity index (χ0v) is 14.0. The second kappa shape index (κ2) is 7.85. The number of carbonyl (C=O) groups is 2. The van der Waals surface area contributed by atoms with Gasteiger partial charge in [-0.1, -0.05) is 12.1 Å². The van der Waals surface area contributed by atoms with Crippen molar-refractivity contribution in [1.29, 1.82) is 0 Å². The zero-order chi connectivity index (χ0) is 14.4. The molecular formula is C11H12I2N2O4. The highest BCUT2D eigenvalue weighted by Crippen LogP contribution is 2.12. The van der Waals surface area contributed by atoms with Crippen molar-refractivity contribution in [3.8, 4) is 5.75 Å². The van der Waals surface area contributed by atoms with E-state index in [4.69, 9.17) is 10.2 Å². The van der Waals surface area contributed by atoms with Gasteiger partial charge in [0.05, 0.1) is 6.54 Å². The monoisotopic (exact) mass is 490 g/mol. The molecular weight excluding hydrogens is 478 g/mol. The van der Waals surface area contributed by atoms with Gasteiger partial charge >= 0.3 is 5.97 Å². The van der Waals surface area contributed by atoms with Gasteiger partial charge in [0.25, 0.3) is 0 Å². The van der Waals surface area contributed by atoms with E-state index < -0.39 is 12.0 Å². The molecule has 19 heavy (non-hydrogen) atoms. The topological polar surface area (TPSA) is 89.9 Å². The maximum Gasteiger partial charge on any atom is 0.326 e. The number of aromatic hydroxyl groups is 1. The number of aliphatic carboxylic acids is 1. The second-order valence-electron chi connectivity index (χ2n) is 3.79. The minimum absolute atomic E-state index is 0.112. The average Bonchev–Trinajstić information content (AvgIpc) is 2.29. The van der Waals surface area contributed by atoms with E-state index in [1.54, 1.807) is 13.5 Å². The molecule has 0 aliphatic rings. The highest BCUT2D eigenvalue weighted by atomic mass is 127. The van der Waals surface area contributed by atoms with Crippen LogP contribution >= 0.6 is 45.7 Å². The molecule has 0 bridgehead atoms. The van der Waals surface area contributed by atoms with Crippen molar-refractivity contribution < 1.29 is 19.8 Å². The van der Waals surface area contributed by atoms with Crippen LogP contribution in [0.15, 0.2) is 24.3 Å². The van der Waals surface area contributed by atoms with E-state index in [0.29, 0.717) is 0 Å². The van der Waals surface area contributed by atoms with E-state index in [0.717, 1.165) is 5.56 Å². The van der Waals surface area contributed by atoms with Crippen LogP contribution in [-0.2, 0) is 16.0 Å². The molecule has 0 saturated heterocycles. The third kappa shape index (κ3) is 6.38. The van der Waals surface area contributed by atoms with Gasteiger partial charge in [0.2, 0.25) is 5.91 Å². The number of phenolic OH excluding ortho intramolecular Hbond substituents is 1. The quantitative estimate of drug-likeness (QED) is 0.416. The van der Waals surface area contributed by atoms with Crippen molar-refractivity contribution in [3.63, 3.8) is 0 Å². The fraction of sp³-hybridized carbons (Fsp3) is 0.273. The first-order valence-corrected chi connectivity index (χ1v) is 7.20. The molecule has 1 aromatic carbocycles. The Morgan fingerprint density at radius 3 is 2.32 bits per heavy atom. The Morgan fingerprint density at radius 1 is 1.26 bits per heavy atom. The van der Waals surface area contributed by atoms with Crippen LogP contribution in [0.4, 0.5) is 0 Å². The summed E-state index contributed by atoms with van der Waals surface area (Å²) in [7, 11) is 0. The van der Waals surface area contributed by atoms with Crippen LogP contribution in [0.25, 0.3) is 0 Å². The molecule has 0 spiro atoms. The predicted octanol–water partition coefficient (Wildman–Crippen LogP) is 1.51. The molecule has 6 nitrogen and oxygen atoms in total. The molecule has 0 aromatic heterocycles. The van der Waals surface area contributed by atoms with Crippen molar-refractivity contribution in [2.24, 2.45) is 0 Å². The number of hydrogen-bond donors (Lipinski definition) is 3. The van der Waals surface area contributed by atoms with Crippen LogP contribution in [0.1, 0.15) is 5.56 Å². The molecule has 1 atom stereocenters. The molecule has 0 radical (unpaired) electrons. The van der Waals surface area contributed by atoms with E-state index in [-0.39, 0.29) is 24.6 Å². The smallest absolute Gasteiger partial charge is 0.326 e. The van der Waals surface area contributed by atoms with Crippen LogP contribution in [0.3, 0.4) is 0 Å². The van der Waals surface area contributed by atoms with Gasteiger partial charge in [-0.05, 0) is 17.7 Å². The Labute approximate surface area is 138 Å². The number of amides is 1. The van der Waals surface area contributed by atoms with Gasteiger partial charge in [-0.2, -0.15) is 1.33 Å². The van der Waals surface area contributed by atoms with E-state index >= 15 is 0 Å². The normalized spacial score (nSPS) is 12.2. The van der Waals surface area contributed by atoms with Crippen molar-refractivity contribution in [2.75, 3.05) is 6.54 Å². The van der Waals surface area contributed by atoms with Gasteiger partial charge in [0.1, 0.15) is 11.8 Å². The molecule has 1 amide bonds. The third-order valence-corrected chi connectivity index (χ3v) is 2.95. The lowest BCUT2D eigenvalue weighted by molar-refractivity contribution is -0.141. The number of phenols is 1. The van der Waals surface area contributed by atoms with Gasteiger partial charge in [-0.3, -0.25) is 4.79 Å². The van der Waals surface area contributed by atoms with Gasteiger partial charge < -0.3 is 15.5 Å². The molecule has 1 rings (SSSR count). The van der Waals surface area contributed by atoms with Crippen molar-refractivity contribution >= 4 is 57.6 Å². The van der Waals surface area contributed by atoms with Crippen molar-refractivity contribution in [1.82, 2.24) is 6.64 Å². The molecule has 1 aromatic rings.